The average molecular weight is 550 g/mol. The highest BCUT2D eigenvalue weighted by atomic mass is 32.1. The van der Waals surface area contributed by atoms with Crippen LogP contribution in [0.5, 0.6) is 0 Å². The maximum atomic E-state index is 13.3. The number of anilines is 2. The Kier molecular flexibility index (Phi) is 6.28. The molecule has 1 amide bonds. The normalized spacial score (nSPS) is 16.8. The smallest absolute Gasteiger partial charge is 0.330 e. The first-order valence-electron chi connectivity index (χ1n) is 11.5. The molecule has 38 heavy (non-hydrogen) atoms. The topological polar surface area (TPSA) is 133 Å². The lowest BCUT2D eigenvalue weighted by molar-refractivity contribution is -0.146. The SMILES string of the molecule is C[C@@H](C(=O)Nc1nnc(-c2cnc(N3CCC[C@H]3C(F)(F)F)nc2)s1)n1ccc2c1c(=O)n(C)c(=O)n2C. The first-order chi connectivity index (χ1) is 18.0. The largest absolute Gasteiger partial charge is 0.408 e. The molecule has 5 rings (SSSR count). The van der Waals surface area contributed by atoms with E-state index in [2.05, 4.69) is 25.5 Å². The van der Waals surface area contributed by atoms with Gasteiger partial charge in [0, 0.05) is 44.8 Å². The third-order valence-corrected chi connectivity index (χ3v) is 7.45. The van der Waals surface area contributed by atoms with Crippen molar-refractivity contribution in [2.24, 2.45) is 14.1 Å². The zero-order valence-electron chi connectivity index (χ0n) is 20.4. The van der Waals surface area contributed by atoms with E-state index in [0.717, 1.165) is 20.8 Å². The summed E-state index contributed by atoms with van der Waals surface area (Å²) in [5.41, 5.74) is 0.0395. The van der Waals surface area contributed by atoms with Crippen LogP contribution in [0.25, 0.3) is 21.6 Å². The zero-order valence-corrected chi connectivity index (χ0v) is 21.2. The molecule has 0 spiro atoms. The number of alkyl halides is 3. The highest BCUT2D eigenvalue weighted by molar-refractivity contribution is 7.18. The van der Waals surface area contributed by atoms with Gasteiger partial charge in [-0.25, -0.2) is 14.8 Å². The van der Waals surface area contributed by atoms with Gasteiger partial charge in [0.2, 0.25) is 17.0 Å². The molecule has 200 valence electrons. The Hall–Kier alpha value is -4.08. The Morgan fingerprint density at radius 3 is 2.55 bits per heavy atom. The molecule has 0 saturated carbocycles. The van der Waals surface area contributed by atoms with E-state index >= 15 is 0 Å². The number of nitrogens with one attached hydrogen (secondary N) is 1. The van der Waals surface area contributed by atoms with Crippen LogP contribution in [0.1, 0.15) is 25.8 Å². The fourth-order valence-electron chi connectivity index (χ4n) is 4.48. The van der Waals surface area contributed by atoms with E-state index < -0.39 is 35.4 Å². The Balaban J connectivity index is 1.32. The third-order valence-electron chi connectivity index (χ3n) is 6.56. The van der Waals surface area contributed by atoms with Gasteiger partial charge in [0.15, 0.2) is 5.01 Å². The summed E-state index contributed by atoms with van der Waals surface area (Å²) >= 11 is 1.04. The van der Waals surface area contributed by atoms with Gasteiger partial charge in [-0.05, 0) is 25.8 Å². The number of nitrogens with zero attached hydrogens (tertiary/aromatic N) is 8. The van der Waals surface area contributed by atoms with Crippen molar-refractivity contribution in [1.82, 2.24) is 33.9 Å². The predicted octanol–water partition coefficient (Wildman–Crippen LogP) is 2.08. The van der Waals surface area contributed by atoms with Crippen LogP contribution < -0.4 is 21.5 Å². The lowest BCUT2D eigenvalue weighted by Gasteiger charge is -2.26. The van der Waals surface area contributed by atoms with Gasteiger partial charge >= 0.3 is 11.9 Å². The van der Waals surface area contributed by atoms with E-state index in [1.807, 2.05) is 0 Å². The van der Waals surface area contributed by atoms with Crippen molar-refractivity contribution in [1.29, 1.82) is 0 Å². The lowest BCUT2D eigenvalue weighted by Crippen LogP contribution is -2.42. The fraction of sp³-hybridized carbons (Fsp3) is 0.409. The minimum atomic E-state index is -4.36. The average Bonchev–Trinajstić information content (AvgIpc) is 3.65. The van der Waals surface area contributed by atoms with Crippen molar-refractivity contribution in [3.63, 3.8) is 0 Å². The van der Waals surface area contributed by atoms with Crippen LogP contribution in [0.2, 0.25) is 0 Å². The molecule has 0 radical (unpaired) electrons. The monoisotopic (exact) mass is 549 g/mol. The maximum Gasteiger partial charge on any atom is 0.408 e. The number of amides is 1. The quantitative estimate of drug-likeness (QED) is 0.400. The number of carbonyl (C=O) groups excluding carboxylic acids is 1. The molecule has 0 aromatic carbocycles. The number of aryl methyl sites for hydroxylation is 1. The zero-order chi connectivity index (χ0) is 27.4. The van der Waals surface area contributed by atoms with Gasteiger partial charge in [-0.2, -0.15) is 13.2 Å². The molecule has 1 aliphatic heterocycles. The van der Waals surface area contributed by atoms with Gasteiger partial charge in [-0.1, -0.05) is 11.3 Å². The molecule has 1 fully saturated rings. The van der Waals surface area contributed by atoms with Crippen LogP contribution in [-0.2, 0) is 18.9 Å². The summed E-state index contributed by atoms with van der Waals surface area (Å²) in [5, 5.41) is 11.2. The van der Waals surface area contributed by atoms with Crippen LogP contribution in [0.3, 0.4) is 0 Å². The first-order valence-corrected chi connectivity index (χ1v) is 12.4. The van der Waals surface area contributed by atoms with Crippen molar-refractivity contribution < 1.29 is 18.0 Å². The van der Waals surface area contributed by atoms with Crippen LogP contribution in [0.4, 0.5) is 24.3 Å². The fourth-order valence-corrected chi connectivity index (χ4v) is 5.20. The Bertz CT molecular complexity index is 1640. The van der Waals surface area contributed by atoms with E-state index in [-0.39, 0.29) is 29.6 Å². The minimum Gasteiger partial charge on any atom is -0.330 e. The van der Waals surface area contributed by atoms with Crippen molar-refractivity contribution in [2.45, 2.75) is 38.0 Å². The Labute approximate surface area is 216 Å². The van der Waals surface area contributed by atoms with Crippen LogP contribution >= 0.6 is 11.3 Å². The number of carbonyl (C=O) groups is 1. The van der Waals surface area contributed by atoms with Crippen LogP contribution in [-0.4, -0.2) is 58.5 Å². The van der Waals surface area contributed by atoms with Gasteiger partial charge < -0.3 is 9.47 Å². The number of fused-ring (bicyclic) bond motifs is 1. The van der Waals surface area contributed by atoms with Gasteiger partial charge in [-0.3, -0.25) is 24.0 Å². The van der Waals surface area contributed by atoms with E-state index in [4.69, 9.17) is 0 Å². The summed E-state index contributed by atoms with van der Waals surface area (Å²) in [6.07, 6.45) is 0.336. The van der Waals surface area contributed by atoms with E-state index in [0.29, 0.717) is 22.5 Å². The third kappa shape index (κ3) is 4.33. The maximum absolute atomic E-state index is 13.3. The van der Waals surface area contributed by atoms with Crippen molar-refractivity contribution in [3.05, 3.63) is 45.5 Å². The molecule has 12 nitrogen and oxygen atoms in total. The molecule has 4 aromatic rings. The molecular formula is C22H22F3N9O3S. The minimum absolute atomic E-state index is 0.00199. The van der Waals surface area contributed by atoms with E-state index in [1.54, 1.807) is 19.2 Å². The summed E-state index contributed by atoms with van der Waals surface area (Å²) in [6, 6.07) is -0.843. The number of hydrogen-bond donors (Lipinski definition) is 1. The molecule has 16 heteroatoms. The summed E-state index contributed by atoms with van der Waals surface area (Å²) in [6.45, 7) is 1.82. The van der Waals surface area contributed by atoms with E-state index in [9.17, 15) is 27.6 Å². The summed E-state index contributed by atoms with van der Waals surface area (Å²) in [5.74, 6) is -0.483. The molecule has 4 aromatic heterocycles. The number of rotatable bonds is 5. The van der Waals surface area contributed by atoms with Gasteiger partial charge in [-0.15, -0.1) is 10.2 Å². The number of halogens is 3. The molecule has 1 aliphatic rings. The molecule has 5 heterocycles. The Morgan fingerprint density at radius 2 is 1.87 bits per heavy atom. The summed E-state index contributed by atoms with van der Waals surface area (Å²) in [7, 11) is 2.91. The van der Waals surface area contributed by atoms with Crippen LogP contribution in [0.15, 0.2) is 34.2 Å². The van der Waals surface area contributed by atoms with Crippen molar-refractivity contribution in [3.8, 4) is 10.6 Å². The second kappa shape index (κ2) is 9.34. The van der Waals surface area contributed by atoms with Crippen molar-refractivity contribution >= 4 is 39.4 Å². The predicted molar refractivity (Wildman–Crippen MR) is 133 cm³/mol. The van der Waals surface area contributed by atoms with Gasteiger partial charge in [0.1, 0.15) is 17.6 Å². The van der Waals surface area contributed by atoms with Gasteiger partial charge in [0.05, 0.1) is 5.52 Å². The highest BCUT2D eigenvalue weighted by Gasteiger charge is 2.46. The second-order valence-electron chi connectivity index (χ2n) is 8.90. The molecule has 0 unspecified atom stereocenters. The lowest BCUT2D eigenvalue weighted by atomic mass is 10.2. The standard InChI is InChI=1S/C22H22F3N9O3S/c1-11(33-8-6-13-15(33)18(36)32(3)21(37)31(13)2)16(35)28-20-30-29-17(38-20)12-9-26-19(27-10-12)34-7-4-5-14(34)22(23,24)25/h6,8-11,14H,4-5,7H2,1-3H3,(H,28,30,35)/t11-,14-/m0/s1. The molecule has 2 atom stereocenters. The summed E-state index contributed by atoms with van der Waals surface area (Å²) in [4.78, 5) is 47.2. The van der Waals surface area contributed by atoms with E-state index in [1.165, 1.54) is 35.6 Å². The summed E-state index contributed by atoms with van der Waals surface area (Å²) < 4.78 is 43.6. The Morgan fingerprint density at radius 1 is 1.16 bits per heavy atom. The number of aromatic nitrogens is 7. The first kappa shape index (κ1) is 25.6. The van der Waals surface area contributed by atoms with Crippen LogP contribution in [0, 0.1) is 0 Å². The van der Waals surface area contributed by atoms with Crippen molar-refractivity contribution in [2.75, 3.05) is 16.8 Å². The number of hydrogen-bond acceptors (Lipinski definition) is 9. The molecule has 0 aliphatic carbocycles. The molecule has 1 saturated heterocycles. The second-order valence-corrected chi connectivity index (χ2v) is 9.88. The molecule has 0 bridgehead atoms. The van der Waals surface area contributed by atoms with Gasteiger partial charge in [0.25, 0.3) is 5.56 Å². The molecular weight excluding hydrogens is 527 g/mol. The molecule has 1 N–H and O–H groups in total. The highest BCUT2D eigenvalue weighted by Crippen LogP contribution is 2.35.